The minimum Gasteiger partial charge on any atom is -0.330 e. The lowest BCUT2D eigenvalue weighted by Gasteiger charge is -2.34. The summed E-state index contributed by atoms with van der Waals surface area (Å²) >= 11 is 5.94. The van der Waals surface area contributed by atoms with Crippen molar-refractivity contribution < 1.29 is 18.0 Å². The summed E-state index contributed by atoms with van der Waals surface area (Å²) in [5.74, 6) is -0.116. The minimum atomic E-state index is -4.64. The van der Waals surface area contributed by atoms with Gasteiger partial charge in [-0.15, -0.1) is 5.53 Å². The minimum absolute atomic E-state index is 0.174. The van der Waals surface area contributed by atoms with Crippen LogP contribution in [0.4, 0.5) is 19.1 Å². The molecular weight excluding hydrogens is 409 g/mol. The number of halogens is 4. The van der Waals surface area contributed by atoms with E-state index < -0.39 is 28.7 Å². The maximum Gasteiger partial charge on any atom is 0.417 e. The van der Waals surface area contributed by atoms with Gasteiger partial charge in [0.2, 0.25) is 5.95 Å². The van der Waals surface area contributed by atoms with E-state index in [0.29, 0.717) is 18.9 Å². The lowest BCUT2D eigenvalue weighted by Crippen LogP contribution is -2.46. The zero-order valence-corrected chi connectivity index (χ0v) is 15.9. The highest BCUT2D eigenvalue weighted by atomic mass is 35.5. The molecule has 0 radical (unpaired) electrons. The molecule has 0 spiro atoms. The summed E-state index contributed by atoms with van der Waals surface area (Å²) < 4.78 is 39.4. The molecular formula is C18H16ClF3N6O. The monoisotopic (exact) mass is 424 g/mol. The van der Waals surface area contributed by atoms with Gasteiger partial charge in [-0.2, -0.15) is 13.2 Å². The molecule has 1 amide bonds. The van der Waals surface area contributed by atoms with Crippen molar-refractivity contribution in [2.45, 2.75) is 25.6 Å². The molecule has 152 valence electrons. The molecule has 0 saturated carbocycles. The van der Waals surface area contributed by atoms with Gasteiger partial charge in [0.25, 0.3) is 5.91 Å². The highest BCUT2D eigenvalue weighted by Gasteiger charge is 2.39. The van der Waals surface area contributed by atoms with Crippen molar-refractivity contribution >= 4 is 23.5 Å². The summed E-state index contributed by atoms with van der Waals surface area (Å²) in [5.41, 5.74) is 6.35. The van der Waals surface area contributed by atoms with Gasteiger partial charge in [-0.05, 0) is 25.1 Å². The van der Waals surface area contributed by atoms with Crippen LogP contribution in [0.2, 0.25) is 5.02 Å². The lowest BCUT2D eigenvalue weighted by atomic mass is 10.0. The standard InChI is InChI=1S/C18H16ClF3N6O/c1-10-15-13(28(26-25-15)17-23-7-3-8-24-17)6-9-27(10)16(29)11-4-2-5-12(14(11)19)18(20,21)22/h2-5,7-8,10,25-26H,6,9H2,1H3. The highest BCUT2D eigenvalue weighted by Crippen LogP contribution is 2.37. The Hall–Kier alpha value is -2.85. The average molecular weight is 425 g/mol. The molecule has 2 N–H and O–H groups in total. The first-order valence-electron chi connectivity index (χ1n) is 8.77. The fourth-order valence-corrected chi connectivity index (χ4v) is 3.78. The number of benzene rings is 1. The number of alkyl halides is 3. The number of carbonyl (C=O) groups excluding carboxylic acids is 1. The van der Waals surface area contributed by atoms with Gasteiger partial charge in [0.05, 0.1) is 33.6 Å². The number of nitrogens with zero attached hydrogens (tertiary/aromatic N) is 4. The van der Waals surface area contributed by atoms with Gasteiger partial charge in [0.1, 0.15) is 0 Å². The molecule has 7 nitrogen and oxygen atoms in total. The van der Waals surface area contributed by atoms with Gasteiger partial charge in [-0.25, -0.2) is 15.0 Å². The predicted molar refractivity (Wildman–Crippen MR) is 99.4 cm³/mol. The van der Waals surface area contributed by atoms with E-state index in [1.54, 1.807) is 30.4 Å². The molecule has 0 saturated heterocycles. The SMILES string of the molecule is CC1C2=C(CCN1C(=O)c1cccc(C(F)(F)F)c1Cl)N(c1ncccn1)NN2. The Bertz CT molecular complexity index is 981. The maximum absolute atomic E-state index is 13.1. The van der Waals surface area contributed by atoms with E-state index in [9.17, 15) is 18.0 Å². The van der Waals surface area contributed by atoms with Crippen molar-refractivity contribution in [3.63, 3.8) is 0 Å². The van der Waals surface area contributed by atoms with Crippen LogP contribution in [-0.2, 0) is 6.18 Å². The Morgan fingerprint density at radius 1 is 1.24 bits per heavy atom. The number of amides is 1. The summed E-state index contributed by atoms with van der Waals surface area (Å²) in [5, 5.41) is 1.10. The van der Waals surface area contributed by atoms with Gasteiger partial charge in [0.15, 0.2) is 0 Å². The molecule has 1 atom stereocenters. The van der Waals surface area contributed by atoms with E-state index in [2.05, 4.69) is 20.9 Å². The van der Waals surface area contributed by atoms with Crippen molar-refractivity contribution in [1.29, 1.82) is 0 Å². The first kappa shape index (κ1) is 19.5. The first-order valence-corrected chi connectivity index (χ1v) is 9.15. The second-order valence-electron chi connectivity index (χ2n) is 6.57. The van der Waals surface area contributed by atoms with E-state index in [1.165, 1.54) is 17.0 Å². The zero-order chi connectivity index (χ0) is 20.8. The fourth-order valence-electron chi connectivity index (χ4n) is 3.47. The molecule has 0 aliphatic carbocycles. The number of rotatable bonds is 2. The van der Waals surface area contributed by atoms with E-state index >= 15 is 0 Å². The van der Waals surface area contributed by atoms with E-state index in [1.807, 2.05) is 0 Å². The Labute approximate surface area is 169 Å². The Balaban J connectivity index is 1.62. The number of carbonyl (C=O) groups is 1. The summed E-state index contributed by atoms with van der Waals surface area (Å²) in [7, 11) is 0. The van der Waals surface area contributed by atoms with Gasteiger partial charge in [0, 0.05) is 25.4 Å². The van der Waals surface area contributed by atoms with Crippen molar-refractivity contribution in [1.82, 2.24) is 25.8 Å². The molecule has 2 aromatic rings. The van der Waals surface area contributed by atoms with Crippen LogP contribution < -0.4 is 16.0 Å². The third-order valence-corrected chi connectivity index (χ3v) is 5.31. The Morgan fingerprint density at radius 3 is 2.66 bits per heavy atom. The van der Waals surface area contributed by atoms with Crippen LogP contribution >= 0.6 is 11.6 Å². The third-order valence-electron chi connectivity index (χ3n) is 4.91. The maximum atomic E-state index is 13.1. The van der Waals surface area contributed by atoms with E-state index in [0.717, 1.165) is 17.5 Å². The molecule has 0 bridgehead atoms. The van der Waals surface area contributed by atoms with Crippen LogP contribution in [0.1, 0.15) is 29.3 Å². The normalized spacial score (nSPS) is 19.3. The van der Waals surface area contributed by atoms with Crippen molar-refractivity contribution in [2.24, 2.45) is 0 Å². The van der Waals surface area contributed by atoms with Crippen molar-refractivity contribution in [2.75, 3.05) is 11.6 Å². The summed E-state index contributed by atoms with van der Waals surface area (Å²) in [6, 6.07) is 4.63. The van der Waals surface area contributed by atoms with Crippen molar-refractivity contribution in [3.8, 4) is 0 Å². The number of nitrogens with one attached hydrogen (secondary N) is 2. The molecule has 1 unspecified atom stereocenters. The zero-order valence-electron chi connectivity index (χ0n) is 15.2. The molecule has 0 fully saturated rings. The van der Waals surface area contributed by atoms with Gasteiger partial charge in [-0.3, -0.25) is 4.79 Å². The van der Waals surface area contributed by atoms with Crippen LogP contribution in [0.5, 0.6) is 0 Å². The topological polar surface area (TPSA) is 73.4 Å². The largest absolute Gasteiger partial charge is 0.417 e. The van der Waals surface area contributed by atoms with Crippen molar-refractivity contribution in [3.05, 3.63) is 64.2 Å². The predicted octanol–water partition coefficient (Wildman–Crippen LogP) is 3.12. The average Bonchev–Trinajstić information content (AvgIpc) is 3.13. The fraction of sp³-hybridized carbons (Fsp3) is 0.278. The quantitative estimate of drug-likeness (QED) is 0.771. The molecule has 1 aromatic carbocycles. The van der Waals surface area contributed by atoms with E-state index in [-0.39, 0.29) is 5.56 Å². The van der Waals surface area contributed by atoms with Crippen LogP contribution in [0.3, 0.4) is 0 Å². The lowest BCUT2D eigenvalue weighted by molar-refractivity contribution is -0.137. The van der Waals surface area contributed by atoms with Crippen LogP contribution in [0, 0.1) is 0 Å². The molecule has 4 rings (SSSR count). The summed E-state index contributed by atoms with van der Waals surface area (Å²) in [4.78, 5) is 22.9. The number of aromatic nitrogens is 2. The Kier molecular flexibility index (Phi) is 4.83. The smallest absolute Gasteiger partial charge is 0.330 e. The second kappa shape index (κ2) is 7.20. The first-order chi connectivity index (χ1) is 13.8. The second-order valence-corrected chi connectivity index (χ2v) is 6.95. The third kappa shape index (κ3) is 3.38. The summed E-state index contributed by atoms with van der Waals surface area (Å²) in [6.45, 7) is 2.09. The molecule has 29 heavy (non-hydrogen) atoms. The summed E-state index contributed by atoms with van der Waals surface area (Å²) in [6.07, 6.45) is -0.954. The van der Waals surface area contributed by atoms with Gasteiger partial charge >= 0.3 is 6.18 Å². The molecule has 11 heteroatoms. The van der Waals surface area contributed by atoms with E-state index in [4.69, 9.17) is 11.6 Å². The molecule has 1 aromatic heterocycles. The Morgan fingerprint density at radius 2 is 1.97 bits per heavy atom. The number of hydrogen-bond acceptors (Lipinski definition) is 6. The highest BCUT2D eigenvalue weighted by molar-refractivity contribution is 6.34. The molecule has 2 aliphatic heterocycles. The van der Waals surface area contributed by atoms with Gasteiger partial charge < -0.3 is 10.3 Å². The number of hydrogen-bond donors (Lipinski definition) is 2. The van der Waals surface area contributed by atoms with Crippen LogP contribution in [-0.4, -0.2) is 33.4 Å². The van der Waals surface area contributed by atoms with Gasteiger partial charge in [-0.1, -0.05) is 17.7 Å². The van der Waals surface area contributed by atoms with Crippen LogP contribution in [0.25, 0.3) is 0 Å². The number of hydrazine groups is 2. The molecule has 3 heterocycles. The van der Waals surface area contributed by atoms with Crippen LogP contribution in [0.15, 0.2) is 48.1 Å². The molecule has 2 aliphatic rings. The number of anilines is 1.